The molecule has 0 fully saturated rings. The number of hydrogen-bond donors (Lipinski definition) is 0. The van der Waals surface area contributed by atoms with Gasteiger partial charge in [-0.1, -0.05) is 152 Å². The molecule has 298 valence electrons. The molecule has 9 aromatic carbocycles. The molecule has 7 heteroatoms. The van der Waals surface area contributed by atoms with E-state index in [-0.39, 0.29) is 0 Å². The highest BCUT2D eigenvalue weighted by Crippen LogP contribution is 2.45. The van der Waals surface area contributed by atoms with Gasteiger partial charge in [0, 0.05) is 48.7 Å². The van der Waals surface area contributed by atoms with Crippen LogP contribution in [0.4, 0.5) is 0 Å². The van der Waals surface area contributed by atoms with E-state index in [1.54, 1.807) is 0 Å². The van der Waals surface area contributed by atoms with Gasteiger partial charge in [0.15, 0.2) is 5.82 Å². The molecule has 0 aliphatic carbocycles. The van der Waals surface area contributed by atoms with Crippen molar-refractivity contribution in [3.63, 3.8) is 0 Å². The lowest BCUT2D eigenvalue weighted by Gasteiger charge is -2.13. The van der Waals surface area contributed by atoms with Crippen LogP contribution in [0.15, 0.2) is 209 Å². The number of fused-ring (bicyclic) bond motifs is 12. The standard InChI is InChI=1S/C57H33N5O2/c1-2-16-34(17-3-1)55-58-56(61-43-26-8-4-18-39(43)51-35(22-12-28-45(51)61)37-24-14-32-49-53(37)41-20-6-10-30-47(41)63-49)60-57(59-55)62-44-27-9-5-19-40(44)52-36(23-13-29-46(52)62)38-25-15-33-50-54(38)42-21-7-11-31-48(42)64-50/h1-33H. The van der Waals surface area contributed by atoms with Crippen LogP contribution in [0.1, 0.15) is 0 Å². The van der Waals surface area contributed by atoms with E-state index in [2.05, 4.69) is 167 Å². The molecule has 5 aromatic heterocycles. The molecule has 0 aliphatic heterocycles. The van der Waals surface area contributed by atoms with Crippen molar-refractivity contribution in [3.05, 3.63) is 200 Å². The molecule has 0 atom stereocenters. The third kappa shape index (κ3) is 4.94. The zero-order valence-electron chi connectivity index (χ0n) is 34.1. The maximum atomic E-state index is 6.38. The molecule has 0 amide bonds. The summed E-state index contributed by atoms with van der Waals surface area (Å²) in [5, 5.41) is 8.80. The Labute approximate surface area is 364 Å². The van der Waals surface area contributed by atoms with E-state index >= 15 is 0 Å². The van der Waals surface area contributed by atoms with E-state index in [1.165, 1.54) is 0 Å². The number of hydrogen-bond acceptors (Lipinski definition) is 5. The highest BCUT2D eigenvalue weighted by atomic mass is 16.3. The van der Waals surface area contributed by atoms with E-state index in [9.17, 15) is 0 Å². The smallest absolute Gasteiger partial charge is 0.240 e. The topological polar surface area (TPSA) is 74.8 Å². The van der Waals surface area contributed by atoms with Gasteiger partial charge in [-0.25, -0.2) is 0 Å². The molecular formula is C57H33N5O2. The summed E-state index contributed by atoms with van der Waals surface area (Å²) in [4.78, 5) is 16.1. The van der Waals surface area contributed by atoms with Crippen molar-refractivity contribution in [1.82, 2.24) is 24.1 Å². The first-order valence-electron chi connectivity index (χ1n) is 21.4. The first-order chi connectivity index (χ1) is 31.8. The molecule has 0 saturated carbocycles. The summed E-state index contributed by atoms with van der Waals surface area (Å²) in [6.45, 7) is 0. The normalized spacial score (nSPS) is 12.1. The van der Waals surface area contributed by atoms with Gasteiger partial charge < -0.3 is 8.83 Å². The zero-order chi connectivity index (χ0) is 41.9. The fraction of sp³-hybridized carbons (Fsp3) is 0. The molecule has 5 heterocycles. The molecule has 0 spiro atoms. The van der Waals surface area contributed by atoms with Crippen LogP contribution < -0.4 is 0 Å². The van der Waals surface area contributed by atoms with Crippen molar-refractivity contribution in [1.29, 1.82) is 0 Å². The van der Waals surface area contributed by atoms with Gasteiger partial charge in [-0.3, -0.25) is 9.13 Å². The van der Waals surface area contributed by atoms with Crippen molar-refractivity contribution in [2.75, 3.05) is 0 Å². The van der Waals surface area contributed by atoms with Crippen LogP contribution in [-0.4, -0.2) is 24.1 Å². The van der Waals surface area contributed by atoms with Crippen molar-refractivity contribution in [2.45, 2.75) is 0 Å². The second-order valence-electron chi connectivity index (χ2n) is 16.3. The molecule has 0 unspecified atom stereocenters. The highest BCUT2D eigenvalue weighted by Gasteiger charge is 2.24. The molecule has 14 aromatic rings. The third-order valence-corrected chi connectivity index (χ3v) is 12.8. The minimum Gasteiger partial charge on any atom is -0.456 e. The minimum absolute atomic E-state index is 0.524. The summed E-state index contributed by atoms with van der Waals surface area (Å²) in [7, 11) is 0. The Balaban J connectivity index is 1.06. The summed E-state index contributed by atoms with van der Waals surface area (Å²) in [6.07, 6.45) is 0. The Morgan fingerprint density at radius 1 is 0.281 bits per heavy atom. The van der Waals surface area contributed by atoms with Crippen LogP contribution >= 0.6 is 0 Å². The van der Waals surface area contributed by atoms with Gasteiger partial charge in [0.2, 0.25) is 11.9 Å². The summed E-state index contributed by atoms with van der Waals surface area (Å²) >= 11 is 0. The molecule has 64 heavy (non-hydrogen) atoms. The Hall–Kier alpha value is -8.81. The fourth-order valence-electron chi connectivity index (χ4n) is 10.2. The van der Waals surface area contributed by atoms with E-state index in [4.69, 9.17) is 23.8 Å². The van der Waals surface area contributed by atoms with Crippen LogP contribution in [0.3, 0.4) is 0 Å². The van der Waals surface area contributed by atoms with Crippen molar-refractivity contribution >= 4 is 87.5 Å². The fourth-order valence-corrected chi connectivity index (χ4v) is 10.2. The quantitative estimate of drug-likeness (QED) is 0.173. The molecule has 0 radical (unpaired) electrons. The number of rotatable bonds is 5. The Bertz CT molecular complexity index is 3960. The molecule has 0 aliphatic rings. The maximum absolute atomic E-state index is 6.38. The van der Waals surface area contributed by atoms with Crippen molar-refractivity contribution in [2.24, 2.45) is 0 Å². The van der Waals surface area contributed by atoms with Gasteiger partial charge >= 0.3 is 0 Å². The number of benzene rings is 9. The van der Waals surface area contributed by atoms with Gasteiger partial charge in [-0.2, -0.15) is 15.0 Å². The Kier molecular flexibility index (Phi) is 7.27. The largest absolute Gasteiger partial charge is 0.456 e. The summed E-state index contributed by atoms with van der Waals surface area (Å²) < 4.78 is 17.2. The van der Waals surface area contributed by atoms with Crippen molar-refractivity contribution < 1.29 is 8.83 Å². The minimum atomic E-state index is 0.524. The van der Waals surface area contributed by atoms with E-state index < -0.39 is 0 Å². The van der Waals surface area contributed by atoms with Gasteiger partial charge in [0.1, 0.15) is 22.3 Å². The zero-order valence-corrected chi connectivity index (χ0v) is 34.1. The van der Waals surface area contributed by atoms with Crippen LogP contribution in [0, 0.1) is 0 Å². The van der Waals surface area contributed by atoms with Crippen LogP contribution in [-0.2, 0) is 0 Å². The molecule has 0 bridgehead atoms. The van der Waals surface area contributed by atoms with Gasteiger partial charge in [0.25, 0.3) is 0 Å². The number of furan rings is 2. The molecule has 7 nitrogen and oxygen atoms in total. The predicted molar refractivity (Wildman–Crippen MR) is 259 cm³/mol. The number of nitrogens with zero attached hydrogens (tertiary/aromatic N) is 5. The lowest BCUT2D eigenvalue weighted by Crippen LogP contribution is -2.10. The van der Waals surface area contributed by atoms with E-state index in [0.29, 0.717) is 17.7 Å². The molecule has 14 rings (SSSR count). The molecule has 0 N–H and O–H groups in total. The average Bonchev–Trinajstić information content (AvgIpc) is 4.12. The van der Waals surface area contributed by atoms with Crippen molar-refractivity contribution in [3.8, 4) is 45.5 Å². The van der Waals surface area contributed by atoms with Gasteiger partial charge in [-0.05, 0) is 70.8 Å². The Morgan fingerprint density at radius 2 is 0.656 bits per heavy atom. The van der Waals surface area contributed by atoms with Gasteiger partial charge in [-0.15, -0.1) is 0 Å². The maximum Gasteiger partial charge on any atom is 0.240 e. The third-order valence-electron chi connectivity index (χ3n) is 12.8. The first kappa shape index (κ1) is 34.9. The summed E-state index contributed by atoms with van der Waals surface area (Å²) in [5.41, 5.74) is 12.8. The predicted octanol–water partition coefficient (Wildman–Crippen LogP) is 14.9. The summed E-state index contributed by atoms with van der Waals surface area (Å²) in [6, 6.07) is 69.5. The van der Waals surface area contributed by atoms with E-state index in [1.807, 2.05) is 42.5 Å². The second-order valence-corrected chi connectivity index (χ2v) is 16.3. The van der Waals surface area contributed by atoms with Crippen LogP contribution in [0.2, 0.25) is 0 Å². The average molecular weight is 820 g/mol. The lowest BCUT2D eigenvalue weighted by molar-refractivity contribution is 0.668. The first-order valence-corrected chi connectivity index (χ1v) is 21.4. The Morgan fingerprint density at radius 3 is 1.16 bits per heavy atom. The molecule has 0 saturated heterocycles. The number of aromatic nitrogens is 5. The number of para-hydroxylation sites is 4. The van der Waals surface area contributed by atoms with Crippen LogP contribution in [0.5, 0.6) is 0 Å². The van der Waals surface area contributed by atoms with Crippen LogP contribution in [0.25, 0.3) is 133 Å². The second kappa shape index (κ2) is 13.3. The molecular weight excluding hydrogens is 787 g/mol. The van der Waals surface area contributed by atoms with E-state index in [0.717, 1.165) is 115 Å². The van der Waals surface area contributed by atoms with Gasteiger partial charge in [0.05, 0.1) is 22.1 Å². The highest BCUT2D eigenvalue weighted by molar-refractivity contribution is 6.22. The lowest BCUT2D eigenvalue weighted by atomic mass is 9.95. The SMILES string of the molecule is c1ccc(-c2nc(-n3c4ccccc4c4c(-c5cccc6oc7ccccc7c56)cccc43)nc(-n3c4ccccc4c4c(-c5cccc6oc7ccccc7c56)cccc43)n2)cc1. The summed E-state index contributed by atoms with van der Waals surface area (Å²) in [5.74, 6) is 1.63. The monoisotopic (exact) mass is 819 g/mol.